The summed E-state index contributed by atoms with van der Waals surface area (Å²) in [6.07, 6.45) is 4.48. The van der Waals surface area contributed by atoms with Gasteiger partial charge in [0.15, 0.2) is 0 Å². The summed E-state index contributed by atoms with van der Waals surface area (Å²) in [4.78, 5) is 12.0. The molecule has 0 fully saturated rings. The van der Waals surface area contributed by atoms with Crippen molar-refractivity contribution in [2.45, 2.75) is 60.3 Å². The number of amides is 1. The fourth-order valence-electron chi connectivity index (χ4n) is 2.23. The molecule has 0 bridgehead atoms. The average Bonchev–Trinajstić information content (AvgIpc) is 2.53. The maximum Gasteiger partial charge on any atom is 0.238 e. The molecule has 0 aliphatic rings. The summed E-state index contributed by atoms with van der Waals surface area (Å²) < 4.78 is 20.8. The molecule has 0 aliphatic carbocycles. The predicted molar refractivity (Wildman–Crippen MR) is 107 cm³/mol. The highest BCUT2D eigenvalue weighted by atomic mass is 35.6. The molecular weight excluding hydrogens is 421 g/mol. The zero-order valence-corrected chi connectivity index (χ0v) is 17.6. The first kappa shape index (κ1) is 23.3. The lowest BCUT2D eigenvalue weighted by Gasteiger charge is -2.27. The predicted octanol–water partition coefficient (Wildman–Crippen LogP) is 3.92. The van der Waals surface area contributed by atoms with Gasteiger partial charge in [-0.3, -0.25) is 4.79 Å². The summed E-state index contributed by atoms with van der Waals surface area (Å²) >= 11 is 17.8. The minimum atomic E-state index is -3.79. The molecule has 1 amide bonds. The van der Waals surface area contributed by atoms with E-state index in [1.807, 2.05) is 0 Å². The number of hydrogen-bond donors (Lipinski definition) is 3. The Balaban J connectivity index is 2.66. The molecular formula is C16H24Cl3N3O3S. The minimum Gasteiger partial charge on any atom is -0.362 e. The first-order valence-electron chi connectivity index (χ1n) is 8.29. The highest BCUT2D eigenvalue weighted by Crippen LogP contribution is 2.31. The van der Waals surface area contributed by atoms with Gasteiger partial charge in [-0.05, 0) is 30.7 Å². The van der Waals surface area contributed by atoms with Crippen LogP contribution < -0.4 is 15.8 Å². The van der Waals surface area contributed by atoms with Crippen LogP contribution in [0.3, 0.4) is 0 Å². The summed E-state index contributed by atoms with van der Waals surface area (Å²) in [6, 6.07) is 5.59. The van der Waals surface area contributed by atoms with Gasteiger partial charge in [-0.15, -0.1) is 0 Å². The molecule has 26 heavy (non-hydrogen) atoms. The van der Waals surface area contributed by atoms with Crippen LogP contribution in [0.4, 0.5) is 5.69 Å². The van der Waals surface area contributed by atoms with E-state index in [0.717, 1.165) is 32.1 Å². The van der Waals surface area contributed by atoms with E-state index in [1.54, 1.807) is 0 Å². The molecule has 148 valence electrons. The van der Waals surface area contributed by atoms with E-state index in [4.69, 9.17) is 39.9 Å². The van der Waals surface area contributed by atoms with Crippen LogP contribution in [-0.2, 0) is 14.8 Å². The average molecular weight is 445 g/mol. The Bertz CT molecular complexity index is 676. The number of anilines is 1. The van der Waals surface area contributed by atoms with Gasteiger partial charge >= 0.3 is 0 Å². The Morgan fingerprint density at radius 1 is 1.12 bits per heavy atom. The normalized spacial score (nSPS) is 13.3. The zero-order chi connectivity index (χ0) is 19.8. The second kappa shape index (κ2) is 10.6. The summed E-state index contributed by atoms with van der Waals surface area (Å²) in [5.41, 5.74) is 0.469. The van der Waals surface area contributed by atoms with Gasteiger partial charge in [-0.25, -0.2) is 13.6 Å². The molecule has 0 heterocycles. The van der Waals surface area contributed by atoms with Crippen LogP contribution in [0.25, 0.3) is 0 Å². The number of unbranched alkanes of at least 4 members (excludes halogenated alkanes) is 4. The molecule has 0 saturated carbocycles. The SMILES string of the molecule is CCCCCCCC(=O)N[C@@H](Nc1ccc(S(N)(=O)=O)cc1)C(Cl)(Cl)Cl. The number of benzene rings is 1. The lowest BCUT2D eigenvalue weighted by molar-refractivity contribution is -0.121. The van der Waals surface area contributed by atoms with Crippen molar-refractivity contribution in [1.82, 2.24) is 5.32 Å². The highest BCUT2D eigenvalue weighted by Gasteiger charge is 2.34. The molecule has 0 unspecified atom stereocenters. The highest BCUT2D eigenvalue weighted by molar-refractivity contribution is 7.89. The quantitative estimate of drug-likeness (QED) is 0.289. The van der Waals surface area contributed by atoms with Gasteiger partial charge in [0, 0.05) is 12.1 Å². The van der Waals surface area contributed by atoms with Crippen molar-refractivity contribution in [2.75, 3.05) is 5.32 Å². The molecule has 0 aromatic heterocycles. The van der Waals surface area contributed by atoms with Crippen LogP contribution in [-0.4, -0.2) is 24.3 Å². The Hall–Kier alpha value is -0.730. The number of carbonyl (C=O) groups excluding carboxylic acids is 1. The van der Waals surface area contributed by atoms with Crippen molar-refractivity contribution in [3.63, 3.8) is 0 Å². The van der Waals surface area contributed by atoms with Crippen LogP contribution in [0.2, 0.25) is 0 Å². The van der Waals surface area contributed by atoms with E-state index in [0.29, 0.717) is 12.1 Å². The van der Waals surface area contributed by atoms with Crippen molar-refractivity contribution in [2.24, 2.45) is 5.14 Å². The second-order valence-electron chi connectivity index (χ2n) is 5.92. The number of nitrogens with two attached hydrogens (primary N) is 1. The topological polar surface area (TPSA) is 101 Å². The third kappa shape index (κ3) is 8.77. The Morgan fingerprint density at radius 2 is 1.69 bits per heavy atom. The molecule has 4 N–H and O–H groups in total. The third-order valence-electron chi connectivity index (χ3n) is 3.63. The fraction of sp³-hybridized carbons (Fsp3) is 0.562. The van der Waals surface area contributed by atoms with Gasteiger partial charge in [0.05, 0.1) is 4.90 Å². The van der Waals surface area contributed by atoms with Crippen molar-refractivity contribution in [3.8, 4) is 0 Å². The summed E-state index contributed by atoms with van der Waals surface area (Å²) in [7, 11) is -3.79. The number of rotatable bonds is 10. The summed E-state index contributed by atoms with van der Waals surface area (Å²) in [6.45, 7) is 2.12. The van der Waals surface area contributed by atoms with Crippen LogP contribution in [0.1, 0.15) is 45.4 Å². The standard InChI is InChI=1S/C16H24Cl3N3O3S/c1-2-3-4-5-6-7-14(23)22-15(16(17,18)19)21-12-8-10-13(11-9-12)26(20,24)25/h8-11,15,21H,2-7H2,1H3,(H,22,23)(H2,20,24,25)/t15-/m1/s1. The number of hydrogen-bond acceptors (Lipinski definition) is 4. The molecule has 1 aromatic rings. The van der Waals surface area contributed by atoms with Gasteiger partial charge in [-0.1, -0.05) is 67.4 Å². The molecule has 0 radical (unpaired) electrons. The molecule has 1 aromatic carbocycles. The summed E-state index contributed by atoms with van der Waals surface area (Å²) in [5.74, 6) is -0.230. The third-order valence-corrected chi connectivity index (χ3v) is 5.22. The van der Waals surface area contributed by atoms with Crippen LogP contribution in [0, 0.1) is 0 Å². The number of alkyl halides is 3. The van der Waals surface area contributed by atoms with Gasteiger partial charge in [-0.2, -0.15) is 0 Å². The molecule has 0 saturated heterocycles. The van der Waals surface area contributed by atoms with Crippen LogP contribution in [0.15, 0.2) is 29.2 Å². The van der Waals surface area contributed by atoms with Crippen molar-refractivity contribution >= 4 is 56.4 Å². The molecule has 10 heteroatoms. The molecule has 6 nitrogen and oxygen atoms in total. The van der Waals surface area contributed by atoms with E-state index >= 15 is 0 Å². The van der Waals surface area contributed by atoms with E-state index in [2.05, 4.69) is 17.6 Å². The summed E-state index contributed by atoms with van der Waals surface area (Å²) in [5, 5.41) is 10.6. The largest absolute Gasteiger partial charge is 0.362 e. The number of nitrogens with one attached hydrogen (secondary N) is 2. The number of carbonyl (C=O) groups is 1. The van der Waals surface area contributed by atoms with Crippen molar-refractivity contribution in [3.05, 3.63) is 24.3 Å². The minimum absolute atomic E-state index is 0.0374. The van der Waals surface area contributed by atoms with E-state index in [1.165, 1.54) is 24.3 Å². The van der Waals surface area contributed by atoms with Gasteiger partial charge < -0.3 is 10.6 Å². The number of primary sulfonamides is 1. The van der Waals surface area contributed by atoms with Gasteiger partial charge in [0.1, 0.15) is 6.17 Å². The number of halogens is 3. The smallest absolute Gasteiger partial charge is 0.238 e. The van der Waals surface area contributed by atoms with Gasteiger partial charge in [0.25, 0.3) is 0 Å². The Kier molecular flexibility index (Phi) is 9.47. The molecule has 1 rings (SSSR count). The first-order chi connectivity index (χ1) is 12.0. The number of sulfonamides is 1. The van der Waals surface area contributed by atoms with E-state index in [9.17, 15) is 13.2 Å². The maximum atomic E-state index is 12.1. The molecule has 1 atom stereocenters. The van der Waals surface area contributed by atoms with Crippen molar-refractivity contribution in [1.29, 1.82) is 0 Å². The van der Waals surface area contributed by atoms with Crippen molar-refractivity contribution < 1.29 is 13.2 Å². The molecule has 0 aliphatic heterocycles. The van der Waals surface area contributed by atoms with E-state index in [-0.39, 0.29) is 10.8 Å². The lowest BCUT2D eigenvalue weighted by Crippen LogP contribution is -2.49. The Labute approximate surface area is 169 Å². The fourth-order valence-corrected chi connectivity index (χ4v) is 3.07. The zero-order valence-electron chi connectivity index (χ0n) is 14.5. The van der Waals surface area contributed by atoms with Crippen LogP contribution >= 0.6 is 34.8 Å². The second-order valence-corrected chi connectivity index (χ2v) is 9.85. The lowest BCUT2D eigenvalue weighted by atomic mass is 10.1. The maximum absolute atomic E-state index is 12.1. The first-order valence-corrected chi connectivity index (χ1v) is 11.0. The monoisotopic (exact) mass is 443 g/mol. The van der Waals surface area contributed by atoms with Crippen LogP contribution in [0.5, 0.6) is 0 Å². The van der Waals surface area contributed by atoms with E-state index < -0.39 is 20.0 Å². The Morgan fingerprint density at radius 3 is 2.19 bits per heavy atom. The van der Waals surface area contributed by atoms with Gasteiger partial charge in [0.2, 0.25) is 19.7 Å². The molecule has 0 spiro atoms.